The molecule has 38 heavy (non-hydrogen) atoms. The van der Waals surface area contributed by atoms with Gasteiger partial charge in [0.1, 0.15) is 12.3 Å². The van der Waals surface area contributed by atoms with E-state index in [1.165, 1.54) is 17.2 Å². The Morgan fingerprint density at radius 2 is 1.95 bits per heavy atom. The van der Waals surface area contributed by atoms with E-state index in [-0.39, 0.29) is 24.0 Å². The number of halogens is 2. The Morgan fingerprint density at radius 3 is 2.63 bits per heavy atom. The summed E-state index contributed by atoms with van der Waals surface area (Å²) >= 11 is 0. The molecule has 2 aromatic heterocycles. The summed E-state index contributed by atoms with van der Waals surface area (Å²) in [6.45, 7) is 7.65. The molecule has 2 aliphatic rings. The summed E-state index contributed by atoms with van der Waals surface area (Å²) < 4.78 is 33.8. The first-order valence-corrected chi connectivity index (χ1v) is 12.8. The van der Waals surface area contributed by atoms with E-state index in [0.29, 0.717) is 17.9 Å². The number of fused-ring (bicyclic) bond motifs is 2. The molecule has 0 aliphatic carbocycles. The smallest absolute Gasteiger partial charge is 0.159 e. The lowest BCUT2D eigenvalue weighted by atomic mass is 9.84. The largest absolute Gasteiger partial charge is 0.392 e. The number of hydrogen-bond acceptors (Lipinski definition) is 7. The molecule has 7 nitrogen and oxygen atoms in total. The van der Waals surface area contributed by atoms with Crippen molar-refractivity contribution in [1.29, 1.82) is 0 Å². The molecule has 200 valence electrons. The molecule has 3 aromatic rings. The summed E-state index contributed by atoms with van der Waals surface area (Å²) in [5.74, 6) is -1.94. The van der Waals surface area contributed by atoms with Crippen LogP contribution in [0.5, 0.6) is 0 Å². The van der Waals surface area contributed by atoms with Gasteiger partial charge in [-0.1, -0.05) is 11.2 Å². The number of hydrogen-bond donors (Lipinski definition) is 1. The minimum absolute atomic E-state index is 0.0734. The number of nitrogens with zero attached hydrogens (tertiary/aromatic N) is 4. The molecule has 0 radical (unpaired) electrons. The molecule has 0 bridgehead atoms. The fourth-order valence-corrected chi connectivity index (χ4v) is 5.09. The van der Waals surface area contributed by atoms with Crippen LogP contribution in [0.1, 0.15) is 67.6 Å². The third-order valence-corrected chi connectivity index (χ3v) is 7.34. The van der Waals surface area contributed by atoms with Crippen LogP contribution in [-0.4, -0.2) is 51.0 Å². The second-order valence-electron chi connectivity index (χ2n) is 10.7. The fourth-order valence-electron chi connectivity index (χ4n) is 5.09. The lowest BCUT2D eigenvalue weighted by Gasteiger charge is -2.41. The normalized spacial score (nSPS) is 18.4. The third-order valence-electron chi connectivity index (χ3n) is 7.34. The lowest BCUT2D eigenvalue weighted by Crippen LogP contribution is -2.43. The Kier molecular flexibility index (Phi) is 7.26. The minimum Gasteiger partial charge on any atom is -0.392 e. The molecule has 1 atom stereocenters. The Balaban J connectivity index is 1.31. The minimum atomic E-state index is -1.11. The third kappa shape index (κ3) is 5.45. The van der Waals surface area contributed by atoms with Gasteiger partial charge >= 0.3 is 0 Å². The summed E-state index contributed by atoms with van der Waals surface area (Å²) in [4.78, 5) is 16.7. The maximum absolute atomic E-state index is 14.0. The fraction of sp³-hybridized carbons (Fsp3) is 0.414. The summed E-state index contributed by atoms with van der Waals surface area (Å²) in [6.07, 6.45) is 7.33. The van der Waals surface area contributed by atoms with Crippen molar-refractivity contribution in [3.8, 4) is 0 Å². The van der Waals surface area contributed by atoms with E-state index in [0.717, 1.165) is 43.6 Å². The Morgan fingerprint density at radius 1 is 1.16 bits per heavy atom. The Bertz CT molecular complexity index is 1320. The zero-order chi connectivity index (χ0) is 26.9. The molecule has 1 fully saturated rings. The average Bonchev–Trinajstić information content (AvgIpc) is 3.26. The summed E-state index contributed by atoms with van der Waals surface area (Å²) in [5.41, 5.74) is 3.13. The van der Waals surface area contributed by atoms with Gasteiger partial charge in [0.25, 0.3) is 0 Å². The van der Waals surface area contributed by atoms with Crippen LogP contribution >= 0.6 is 0 Å². The number of oxime groups is 1. The van der Waals surface area contributed by atoms with E-state index < -0.39 is 17.2 Å². The lowest BCUT2D eigenvalue weighted by molar-refractivity contribution is -0.0838. The number of aromatic nitrogens is 2. The van der Waals surface area contributed by atoms with Crippen molar-refractivity contribution in [2.24, 2.45) is 5.16 Å². The molecule has 1 N–H and O–H groups in total. The van der Waals surface area contributed by atoms with Crippen molar-refractivity contribution in [3.63, 3.8) is 0 Å². The number of ether oxygens (including phenoxy) is 1. The highest BCUT2D eigenvalue weighted by Crippen LogP contribution is 2.44. The van der Waals surface area contributed by atoms with E-state index in [2.05, 4.69) is 26.9 Å². The summed E-state index contributed by atoms with van der Waals surface area (Å²) in [5, 5.41) is 14.1. The standard InChI is InChI=1S/C29H32F2N4O3/c1-19(35-12-9-29(10-13-35)23-16-32-11-8-22(23)17-37-29)21-5-7-26(33-15-21)27(34-38-18-28(2,3)36)20-4-6-24(30)25(31)14-20/h4-8,11,14-16,19,36H,9-10,12-13,17-18H2,1-3H3/b34-27+/t19-/m0/s1. The van der Waals surface area contributed by atoms with Gasteiger partial charge in [-0.25, -0.2) is 8.78 Å². The van der Waals surface area contributed by atoms with Gasteiger partial charge < -0.3 is 14.7 Å². The van der Waals surface area contributed by atoms with Crippen LogP contribution in [0.2, 0.25) is 0 Å². The quantitative estimate of drug-likeness (QED) is 0.352. The molecule has 1 saturated heterocycles. The predicted octanol–water partition coefficient (Wildman–Crippen LogP) is 4.88. The van der Waals surface area contributed by atoms with Crippen LogP contribution < -0.4 is 0 Å². The Labute approximate surface area is 221 Å². The van der Waals surface area contributed by atoms with Crippen molar-refractivity contribution < 1.29 is 23.5 Å². The molecular weight excluding hydrogens is 490 g/mol. The molecule has 0 saturated carbocycles. The molecule has 9 heteroatoms. The molecule has 2 aliphatic heterocycles. The molecule has 5 rings (SSSR count). The van der Waals surface area contributed by atoms with Crippen LogP contribution in [0.25, 0.3) is 0 Å². The molecule has 0 amide bonds. The SMILES string of the molecule is C[C@@H](c1ccc(/C(=N/OCC(C)(C)O)c2ccc(F)c(F)c2)nc1)N1CCC2(CC1)OCc1ccncc12. The van der Waals surface area contributed by atoms with E-state index >= 15 is 0 Å². The highest BCUT2D eigenvalue weighted by atomic mass is 19.2. The second-order valence-corrected chi connectivity index (χ2v) is 10.7. The van der Waals surface area contributed by atoms with Crippen LogP contribution in [0.4, 0.5) is 8.78 Å². The van der Waals surface area contributed by atoms with Crippen LogP contribution in [0.3, 0.4) is 0 Å². The van der Waals surface area contributed by atoms with Crippen molar-refractivity contribution in [2.45, 2.75) is 57.5 Å². The highest BCUT2D eigenvalue weighted by molar-refractivity contribution is 6.11. The van der Waals surface area contributed by atoms with Crippen molar-refractivity contribution in [1.82, 2.24) is 14.9 Å². The van der Waals surface area contributed by atoms with Gasteiger partial charge in [0, 0.05) is 48.8 Å². The summed E-state index contributed by atoms with van der Waals surface area (Å²) in [6, 6.07) is 9.45. The van der Waals surface area contributed by atoms with Crippen LogP contribution in [0, 0.1) is 11.6 Å². The Hall–Kier alpha value is -3.27. The number of pyridine rings is 2. The first-order valence-electron chi connectivity index (χ1n) is 12.8. The monoisotopic (exact) mass is 522 g/mol. The van der Waals surface area contributed by atoms with Gasteiger partial charge in [-0.15, -0.1) is 0 Å². The molecule has 1 spiro atoms. The van der Waals surface area contributed by atoms with Gasteiger partial charge in [-0.3, -0.25) is 14.9 Å². The second kappa shape index (κ2) is 10.5. The topological polar surface area (TPSA) is 80.1 Å². The van der Waals surface area contributed by atoms with E-state index in [1.807, 2.05) is 24.5 Å². The molecule has 1 aromatic carbocycles. The van der Waals surface area contributed by atoms with Gasteiger partial charge in [-0.05, 0) is 75.1 Å². The van der Waals surface area contributed by atoms with Gasteiger partial charge in [0.2, 0.25) is 0 Å². The number of benzene rings is 1. The molecule has 0 unspecified atom stereocenters. The van der Waals surface area contributed by atoms with Gasteiger partial charge in [0.15, 0.2) is 11.6 Å². The maximum atomic E-state index is 14.0. The highest BCUT2D eigenvalue weighted by Gasteiger charge is 2.43. The van der Waals surface area contributed by atoms with Gasteiger partial charge in [-0.2, -0.15) is 0 Å². The van der Waals surface area contributed by atoms with Crippen LogP contribution in [0.15, 0.2) is 60.1 Å². The molecular formula is C29H32F2N4O3. The predicted molar refractivity (Wildman–Crippen MR) is 138 cm³/mol. The van der Waals surface area contributed by atoms with Crippen LogP contribution in [-0.2, 0) is 21.8 Å². The number of aliphatic hydroxyl groups is 1. The number of rotatable bonds is 7. The zero-order valence-corrected chi connectivity index (χ0v) is 21.8. The number of likely N-dealkylation sites (tertiary alicyclic amines) is 1. The number of piperidine rings is 1. The van der Waals surface area contributed by atoms with E-state index in [9.17, 15) is 13.9 Å². The first-order chi connectivity index (χ1) is 18.2. The van der Waals surface area contributed by atoms with E-state index in [1.54, 1.807) is 26.1 Å². The summed E-state index contributed by atoms with van der Waals surface area (Å²) in [7, 11) is 0. The van der Waals surface area contributed by atoms with Crippen molar-refractivity contribution in [3.05, 3.63) is 94.6 Å². The average molecular weight is 523 g/mol. The maximum Gasteiger partial charge on any atom is 0.159 e. The van der Waals surface area contributed by atoms with E-state index in [4.69, 9.17) is 9.57 Å². The first kappa shape index (κ1) is 26.3. The zero-order valence-electron chi connectivity index (χ0n) is 21.8. The van der Waals surface area contributed by atoms with Gasteiger partial charge in [0.05, 0.1) is 23.5 Å². The van der Waals surface area contributed by atoms with Crippen molar-refractivity contribution >= 4 is 5.71 Å². The van der Waals surface area contributed by atoms with Crippen molar-refractivity contribution in [2.75, 3.05) is 19.7 Å². The molecule has 4 heterocycles.